The van der Waals surface area contributed by atoms with Gasteiger partial charge in [-0.3, -0.25) is 0 Å². The van der Waals surface area contributed by atoms with Gasteiger partial charge in [-0.2, -0.15) is 19.9 Å². The summed E-state index contributed by atoms with van der Waals surface area (Å²) in [6.45, 7) is 6.57. The average Bonchev–Trinajstić information content (AvgIpc) is 2.57. The van der Waals surface area contributed by atoms with Crippen LogP contribution in [-0.4, -0.2) is 24.7 Å². The van der Waals surface area contributed by atoms with Crippen LogP contribution in [0.4, 0.5) is 17.2 Å². The van der Waals surface area contributed by atoms with Crippen LogP contribution in [-0.2, 0) is 0 Å². The molecule has 1 aromatic carbocycles. The van der Waals surface area contributed by atoms with E-state index in [1.165, 1.54) is 11.3 Å². The monoisotopic (exact) mass is 284 g/mol. The van der Waals surface area contributed by atoms with E-state index in [1.807, 2.05) is 12.3 Å². The maximum atomic E-state index is 6.71. The van der Waals surface area contributed by atoms with Crippen molar-refractivity contribution in [1.82, 2.24) is 14.1 Å². The molecule has 4 heteroatoms. The molecule has 4 nitrogen and oxygen atoms in total. The molecule has 2 aromatic rings. The normalized spacial score (nSPS) is 30.2. The van der Waals surface area contributed by atoms with Crippen LogP contribution in [0.3, 0.4) is 0 Å². The molecule has 2 heterocycles. The molecular formula is C17H24N4+2. The number of nitrogens with zero attached hydrogens (tertiary/aromatic N) is 3. The van der Waals surface area contributed by atoms with Gasteiger partial charge in [0.05, 0.1) is 14.1 Å². The van der Waals surface area contributed by atoms with Crippen molar-refractivity contribution in [2.45, 2.75) is 26.4 Å². The van der Waals surface area contributed by atoms with Gasteiger partial charge in [-0.15, -0.1) is 0 Å². The van der Waals surface area contributed by atoms with Gasteiger partial charge in [0.1, 0.15) is 5.69 Å². The summed E-state index contributed by atoms with van der Waals surface area (Å²) in [6, 6.07) is 12.5. The third-order valence-corrected chi connectivity index (χ3v) is 5.52. The number of hydrogen-bond acceptors (Lipinski definition) is 2. The molecule has 0 amide bonds. The van der Waals surface area contributed by atoms with Crippen molar-refractivity contribution in [3.8, 4) is 0 Å². The van der Waals surface area contributed by atoms with E-state index in [4.69, 9.17) is 10.8 Å². The summed E-state index contributed by atoms with van der Waals surface area (Å²) in [4.78, 5) is 4.70. The maximum absolute atomic E-state index is 6.71. The van der Waals surface area contributed by atoms with Crippen molar-refractivity contribution in [3.05, 3.63) is 48.2 Å². The zero-order valence-electron chi connectivity index (χ0n) is 13.5. The lowest BCUT2D eigenvalue weighted by molar-refractivity contribution is 0.0746. The van der Waals surface area contributed by atoms with E-state index in [2.05, 4.69) is 65.2 Å². The van der Waals surface area contributed by atoms with E-state index < -0.39 is 0 Å². The van der Waals surface area contributed by atoms with E-state index in [0.717, 1.165) is 11.5 Å². The van der Waals surface area contributed by atoms with Crippen LogP contribution >= 0.6 is 0 Å². The third kappa shape index (κ3) is 1.52. The van der Waals surface area contributed by atoms with Gasteiger partial charge in [-0.1, -0.05) is 18.2 Å². The van der Waals surface area contributed by atoms with Crippen molar-refractivity contribution in [3.63, 3.8) is 0 Å². The van der Waals surface area contributed by atoms with Crippen molar-refractivity contribution < 1.29 is 0 Å². The Hall–Kier alpha value is -1.75. The molecule has 1 aromatic heterocycles. The van der Waals surface area contributed by atoms with E-state index in [9.17, 15) is 0 Å². The standard InChI is InChI=1S/C17H24N4/c1-13-9-6-7-10-14(13)20(4)16-15(11-8-12-19-16)21(5,18)17(20,2)3/h6-12H,18H2,1-5H3/q+2. The third-order valence-electron chi connectivity index (χ3n) is 5.52. The Kier molecular flexibility index (Phi) is 2.79. The number of nitrogens with two attached hydrogens (primary N) is 1. The molecule has 3 rings (SSSR count). The van der Waals surface area contributed by atoms with Crippen LogP contribution in [0.15, 0.2) is 42.6 Å². The fraction of sp³-hybridized carbons (Fsp3) is 0.353. The maximum Gasteiger partial charge on any atom is 0.302 e. The summed E-state index contributed by atoms with van der Waals surface area (Å²) < 4.78 is 0.920. The molecule has 21 heavy (non-hydrogen) atoms. The highest BCUT2D eigenvalue weighted by atomic mass is 15.7. The predicted octanol–water partition coefficient (Wildman–Crippen LogP) is 3.22. The second-order valence-electron chi connectivity index (χ2n) is 6.71. The second kappa shape index (κ2) is 4.13. The van der Waals surface area contributed by atoms with Gasteiger partial charge in [0.2, 0.25) is 5.69 Å². The van der Waals surface area contributed by atoms with Gasteiger partial charge in [0.25, 0.3) is 5.66 Å². The zero-order chi connectivity index (χ0) is 15.5. The first kappa shape index (κ1) is 14.2. The SMILES string of the molecule is Cc1ccccc1[N+]1(C)c2ncccc2[N+](C)(N)C1(C)C. The number of hydrogen-bond donors (Lipinski definition) is 1. The van der Waals surface area contributed by atoms with E-state index in [-0.39, 0.29) is 5.66 Å². The van der Waals surface area contributed by atoms with Crippen molar-refractivity contribution in [1.29, 1.82) is 0 Å². The van der Waals surface area contributed by atoms with Crippen molar-refractivity contribution >= 4 is 17.2 Å². The Morgan fingerprint density at radius 1 is 1.00 bits per heavy atom. The highest BCUT2D eigenvalue weighted by Gasteiger charge is 2.67. The average molecular weight is 284 g/mol. The quantitative estimate of drug-likeness (QED) is 0.645. The van der Waals surface area contributed by atoms with Crippen molar-refractivity contribution in [2.75, 3.05) is 14.1 Å². The fourth-order valence-corrected chi connectivity index (χ4v) is 3.54. The Bertz CT molecular complexity index is 705. The molecule has 1 aliphatic heterocycles. The lowest BCUT2D eigenvalue weighted by Crippen LogP contribution is -2.73. The smallest absolute Gasteiger partial charge is 0.199 e. The second-order valence-corrected chi connectivity index (χ2v) is 6.71. The first-order valence-corrected chi connectivity index (χ1v) is 7.29. The van der Waals surface area contributed by atoms with Gasteiger partial charge in [-0.25, -0.2) is 0 Å². The Morgan fingerprint density at radius 2 is 1.62 bits per heavy atom. The molecule has 0 saturated heterocycles. The topological polar surface area (TPSA) is 38.9 Å². The minimum Gasteiger partial charge on any atom is -0.199 e. The first-order chi connectivity index (χ1) is 9.74. The largest absolute Gasteiger partial charge is 0.302 e. The summed E-state index contributed by atoms with van der Waals surface area (Å²) in [6.07, 6.45) is 1.86. The number of fused-ring (bicyclic) bond motifs is 1. The van der Waals surface area contributed by atoms with Gasteiger partial charge >= 0.3 is 5.82 Å². The highest BCUT2D eigenvalue weighted by Crippen LogP contribution is 2.55. The number of para-hydroxylation sites is 1. The van der Waals surface area contributed by atoms with Crippen LogP contribution in [0.1, 0.15) is 19.4 Å². The molecule has 0 aliphatic carbocycles. The van der Waals surface area contributed by atoms with Crippen LogP contribution in [0.5, 0.6) is 0 Å². The Labute approximate surface area is 126 Å². The van der Waals surface area contributed by atoms with E-state index in [0.29, 0.717) is 9.08 Å². The molecule has 0 bridgehead atoms. The predicted molar refractivity (Wildman–Crippen MR) is 88.8 cm³/mol. The number of pyridine rings is 1. The molecule has 0 spiro atoms. The zero-order valence-corrected chi connectivity index (χ0v) is 13.5. The van der Waals surface area contributed by atoms with Gasteiger partial charge in [0.15, 0.2) is 0 Å². The summed E-state index contributed by atoms with van der Waals surface area (Å²) >= 11 is 0. The van der Waals surface area contributed by atoms with Crippen LogP contribution in [0.25, 0.3) is 0 Å². The lowest BCUT2D eigenvalue weighted by Gasteiger charge is -2.44. The minimum absolute atomic E-state index is 0.261. The fourth-order valence-electron chi connectivity index (χ4n) is 3.54. The molecule has 2 N–H and O–H groups in total. The number of rotatable bonds is 1. The van der Waals surface area contributed by atoms with Crippen molar-refractivity contribution in [2.24, 2.45) is 5.84 Å². The molecule has 2 atom stereocenters. The Morgan fingerprint density at radius 3 is 2.29 bits per heavy atom. The number of benzene rings is 1. The highest BCUT2D eigenvalue weighted by molar-refractivity contribution is 5.76. The van der Waals surface area contributed by atoms with Gasteiger partial charge in [-0.05, 0) is 13.0 Å². The Balaban J connectivity index is 2.40. The van der Waals surface area contributed by atoms with E-state index >= 15 is 0 Å². The molecule has 2 unspecified atom stereocenters. The van der Waals surface area contributed by atoms with Crippen LogP contribution in [0, 0.1) is 6.92 Å². The molecule has 0 radical (unpaired) electrons. The first-order valence-electron chi connectivity index (χ1n) is 7.29. The molecule has 0 fully saturated rings. The van der Waals surface area contributed by atoms with Crippen LogP contribution < -0.4 is 14.9 Å². The van der Waals surface area contributed by atoms with Gasteiger partial charge < -0.3 is 0 Å². The summed E-state index contributed by atoms with van der Waals surface area (Å²) in [5.41, 5.74) is 3.32. The molecular weight excluding hydrogens is 260 g/mol. The lowest BCUT2D eigenvalue weighted by atomic mass is 10.1. The summed E-state index contributed by atoms with van der Waals surface area (Å²) in [5.74, 6) is 7.74. The summed E-state index contributed by atoms with van der Waals surface area (Å²) in [5, 5.41) is 0. The van der Waals surface area contributed by atoms with Crippen LogP contribution in [0.2, 0.25) is 0 Å². The molecule has 0 saturated carbocycles. The minimum atomic E-state index is -0.261. The molecule has 110 valence electrons. The van der Waals surface area contributed by atoms with E-state index in [1.54, 1.807) is 0 Å². The summed E-state index contributed by atoms with van der Waals surface area (Å²) in [7, 11) is 4.27. The molecule has 1 aliphatic rings. The van der Waals surface area contributed by atoms with Gasteiger partial charge in [0, 0.05) is 37.7 Å². The number of aryl methyl sites for hydroxylation is 1. The number of quaternary nitrogens is 2. The number of aromatic nitrogens is 1.